The number of carbonyl (C=O) groups is 2. The van der Waals surface area contributed by atoms with Crippen molar-refractivity contribution in [2.75, 3.05) is 31.8 Å². The number of methoxy groups -OCH3 is 2. The van der Waals surface area contributed by atoms with E-state index in [2.05, 4.69) is 22.2 Å². The normalized spacial score (nSPS) is 10.3. The number of thioether (sulfide) groups is 1. The lowest BCUT2D eigenvalue weighted by atomic mass is 10.1. The van der Waals surface area contributed by atoms with Crippen molar-refractivity contribution in [3.63, 3.8) is 0 Å². The Morgan fingerprint density at radius 3 is 2.59 bits per heavy atom. The molecule has 0 aliphatic carbocycles. The van der Waals surface area contributed by atoms with Crippen molar-refractivity contribution in [1.29, 1.82) is 0 Å². The molecule has 0 atom stereocenters. The topological polar surface area (TPSA) is 89.6 Å². The molecule has 0 radical (unpaired) electrons. The average Bonchev–Trinajstić information content (AvgIpc) is 3.23. The fourth-order valence-electron chi connectivity index (χ4n) is 2.84. The van der Waals surface area contributed by atoms with Gasteiger partial charge in [0.25, 0.3) is 5.91 Å². The highest BCUT2D eigenvalue weighted by atomic mass is 32.2. The van der Waals surface area contributed by atoms with Crippen LogP contribution in [0.4, 0.5) is 5.00 Å². The molecule has 0 unspecified atom stereocenters. The Balaban J connectivity index is 1.88. The molecule has 0 spiro atoms. The van der Waals surface area contributed by atoms with E-state index < -0.39 is 0 Å². The fraction of sp³-hybridized carbons (Fsp3) is 0.174. The highest BCUT2D eigenvalue weighted by molar-refractivity contribution is 8.01. The average molecular weight is 470 g/mol. The predicted molar refractivity (Wildman–Crippen MR) is 129 cm³/mol. The van der Waals surface area contributed by atoms with Crippen molar-refractivity contribution in [3.8, 4) is 22.8 Å². The van der Waals surface area contributed by atoms with Gasteiger partial charge in [-0.1, -0.05) is 65.6 Å². The van der Waals surface area contributed by atoms with Gasteiger partial charge >= 0.3 is 0 Å². The van der Waals surface area contributed by atoms with Crippen LogP contribution >= 0.6 is 23.1 Å². The van der Waals surface area contributed by atoms with Crippen LogP contribution in [-0.4, -0.2) is 43.3 Å². The van der Waals surface area contributed by atoms with E-state index in [1.165, 1.54) is 37.3 Å². The van der Waals surface area contributed by atoms with Gasteiger partial charge in [-0.05, 0) is 12.1 Å². The standard InChI is InChI=1S/C23H23N3O4S2/c1-4-13-24-18(27)14-31-23-25-19(15-9-6-5-7-10-15)22(32-23)26-21(28)16-11-8-12-17(29-2)20(16)30-3/h4-12H,1,13-14H2,2-3H3,(H,24,27)(H,26,28). The molecule has 0 aliphatic heterocycles. The molecule has 0 aliphatic rings. The Morgan fingerprint density at radius 2 is 1.91 bits per heavy atom. The molecule has 32 heavy (non-hydrogen) atoms. The number of rotatable bonds is 10. The second-order valence-electron chi connectivity index (χ2n) is 6.40. The number of hydrogen-bond donors (Lipinski definition) is 2. The number of aromatic nitrogens is 1. The number of benzene rings is 2. The molecule has 0 saturated heterocycles. The molecule has 2 amide bonds. The number of thiazole rings is 1. The van der Waals surface area contributed by atoms with Crippen molar-refractivity contribution in [1.82, 2.24) is 10.3 Å². The van der Waals surface area contributed by atoms with Crippen LogP contribution in [0.5, 0.6) is 11.5 Å². The van der Waals surface area contributed by atoms with Gasteiger partial charge in [0.2, 0.25) is 5.91 Å². The summed E-state index contributed by atoms with van der Waals surface area (Å²) in [6, 6.07) is 14.7. The molecular weight excluding hydrogens is 446 g/mol. The second-order valence-corrected chi connectivity index (χ2v) is 8.62. The molecule has 7 nitrogen and oxygen atoms in total. The van der Waals surface area contributed by atoms with Crippen molar-refractivity contribution >= 4 is 39.9 Å². The summed E-state index contributed by atoms with van der Waals surface area (Å²) in [7, 11) is 3.01. The van der Waals surface area contributed by atoms with Gasteiger partial charge in [0.1, 0.15) is 10.7 Å². The number of amides is 2. The number of carbonyl (C=O) groups excluding carboxylic acids is 2. The molecule has 0 bridgehead atoms. The Bertz CT molecular complexity index is 1100. The molecule has 9 heteroatoms. The molecule has 0 saturated carbocycles. The van der Waals surface area contributed by atoms with Gasteiger partial charge in [0.15, 0.2) is 15.8 Å². The SMILES string of the molecule is C=CCNC(=O)CSc1nc(-c2ccccc2)c(NC(=O)c2cccc(OC)c2OC)s1. The van der Waals surface area contributed by atoms with E-state index in [1.54, 1.807) is 24.3 Å². The van der Waals surface area contributed by atoms with E-state index >= 15 is 0 Å². The molecule has 166 valence electrons. The highest BCUT2D eigenvalue weighted by Gasteiger charge is 2.21. The van der Waals surface area contributed by atoms with Gasteiger partial charge in [0.05, 0.1) is 25.5 Å². The summed E-state index contributed by atoms with van der Waals surface area (Å²) in [5, 5.41) is 6.27. The molecule has 2 N–H and O–H groups in total. The van der Waals surface area contributed by atoms with Crippen LogP contribution in [0.2, 0.25) is 0 Å². The van der Waals surface area contributed by atoms with Gasteiger partial charge in [-0.25, -0.2) is 4.98 Å². The number of hydrogen-bond acceptors (Lipinski definition) is 7. The number of nitrogens with zero attached hydrogens (tertiary/aromatic N) is 1. The third-order valence-corrected chi connectivity index (χ3v) is 6.41. The highest BCUT2D eigenvalue weighted by Crippen LogP contribution is 2.38. The zero-order valence-corrected chi connectivity index (χ0v) is 19.3. The molecular formula is C23H23N3O4S2. The van der Waals surface area contributed by atoms with Crippen LogP contribution < -0.4 is 20.1 Å². The first kappa shape index (κ1) is 23.4. The van der Waals surface area contributed by atoms with Crippen LogP contribution in [0.1, 0.15) is 10.4 Å². The minimum atomic E-state index is -0.346. The zero-order valence-electron chi connectivity index (χ0n) is 17.7. The van der Waals surface area contributed by atoms with E-state index in [-0.39, 0.29) is 17.6 Å². The lowest BCUT2D eigenvalue weighted by Gasteiger charge is -2.12. The van der Waals surface area contributed by atoms with Gasteiger partial charge < -0.3 is 20.1 Å². The van der Waals surface area contributed by atoms with Crippen LogP contribution in [0.25, 0.3) is 11.3 Å². The predicted octanol–water partition coefficient (Wildman–Crippen LogP) is 4.47. The second kappa shape index (κ2) is 11.4. The van der Waals surface area contributed by atoms with Crippen LogP contribution in [-0.2, 0) is 4.79 Å². The first-order valence-electron chi connectivity index (χ1n) is 9.66. The third kappa shape index (κ3) is 5.68. The molecule has 1 aromatic heterocycles. The van der Waals surface area contributed by atoms with Crippen LogP contribution in [0.3, 0.4) is 0 Å². The summed E-state index contributed by atoms with van der Waals surface area (Å²) in [6.07, 6.45) is 1.62. The maximum absolute atomic E-state index is 13.1. The monoisotopic (exact) mass is 469 g/mol. The third-order valence-electron chi connectivity index (χ3n) is 4.30. The van der Waals surface area contributed by atoms with E-state index in [0.29, 0.717) is 38.6 Å². The summed E-state index contributed by atoms with van der Waals surface area (Å²) in [5.74, 6) is 0.577. The smallest absolute Gasteiger partial charge is 0.260 e. The number of para-hydroxylation sites is 1. The minimum Gasteiger partial charge on any atom is -0.493 e. The summed E-state index contributed by atoms with van der Waals surface area (Å²) in [5.41, 5.74) is 1.84. The molecule has 3 aromatic rings. The van der Waals surface area contributed by atoms with Crippen LogP contribution in [0, 0.1) is 0 Å². The first-order chi connectivity index (χ1) is 15.6. The molecule has 3 rings (SSSR count). The van der Waals surface area contributed by atoms with E-state index in [4.69, 9.17) is 9.47 Å². The number of ether oxygens (including phenoxy) is 2. The van der Waals surface area contributed by atoms with E-state index in [1.807, 2.05) is 30.3 Å². The van der Waals surface area contributed by atoms with Gasteiger partial charge in [0, 0.05) is 12.1 Å². The summed E-state index contributed by atoms with van der Waals surface area (Å²) in [4.78, 5) is 29.7. The van der Waals surface area contributed by atoms with Gasteiger partial charge in [-0.2, -0.15) is 0 Å². The Morgan fingerprint density at radius 1 is 1.12 bits per heavy atom. The maximum Gasteiger partial charge on any atom is 0.260 e. The molecule has 0 fully saturated rings. The molecule has 1 heterocycles. The van der Waals surface area contributed by atoms with Gasteiger partial charge in [-0.15, -0.1) is 6.58 Å². The minimum absolute atomic E-state index is 0.113. The number of nitrogens with one attached hydrogen (secondary N) is 2. The van der Waals surface area contributed by atoms with Gasteiger partial charge in [-0.3, -0.25) is 9.59 Å². The Labute approximate surface area is 194 Å². The quantitative estimate of drug-likeness (QED) is 0.336. The van der Waals surface area contributed by atoms with Crippen molar-refractivity contribution < 1.29 is 19.1 Å². The Hall–Kier alpha value is -3.30. The lowest BCUT2D eigenvalue weighted by Crippen LogP contribution is -2.24. The lowest BCUT2D eigenvalue weighted by molar-refractivity contribution is -0.118. The molecule has 2 aromatic carbocycles. The summed E-state index contributed by atoms with van der Waals surface area (Å²) in [6.45, 7) is 4.00. The Kier molecular flexibility index (Phi) is 8.29. The maximum atomic E-state index is 13.1. The summed E-state index contributed by atoms with van der Waals surface area (Å²) < 4.78 is 11.4. The fourth-order valence-corrected chi connectivity index (χ4v) is 4.73. The van der Waals surface area contributed by atoms with Crippen molar-refractivity contribution in [2.45, 2.75) is 4.34 Å². The first-order valence-corrected chi connectivity index (χ1v) is 11.5. The number of anilines is 1. The van der Waals surface area contributed by atoms with Crippen molar-refractivity contribution in [3.05, 3.63) is 66.7 Å². The summed E-state index contributed by atoms with van der Waals surface area (Å²) >= 11 is 2.62. The van der Waals surface area contributed by atoms with E-state index in [0.717, 1.165) is 5.56 Å². The van der Waals surface area contributed by atoms with Crippen LogP contribution in [0.15, 0.2) is 65.5 Å². The van der Waals surface area contributed by atoms with Crippen molar-refractivity contribution in [2.24, 2.45) is 0 Å². The zero-order chi connectivity index (χ0) is 22.9. The largest absolute Gasteiger partial charge is 0.493 e. The van der Waals surface area contributed by atoms with E-state index in [9.17, 15) is 9.59 Å².